The lowest BCUT2D eigenvalue weighted by Gasteiger charge is -2.12. The maximum Gasteiger partial charge on any atom is 0.253 e. The van der Waals surface area contributed by atoms with Gasteiger partial charge < -0.3 is 16.0 Å². The fraction of sp³-hybridized carbons (Fsp3) is 0.188. The number of anilines is 1. The summed E-state index contributed by atoms with van der Waals surface area (Å²) in [6.45, 7) is 2.02. The Kier molecular flexibility index (Phi) is 3.66. The first-order valence-corrected chi connectivity index (χ1v) is 7.76. The fourth-order valence-electron chi connectivity index (χ4n) is 2.45. The third-order valence-electron chi connectivity index (χ3n) is 3.45. The van der Waals surface area contributed by atoms with E-state index in [4.69, 9.17) is 5.73 Å². The second kappa shape index (κ2) is 5.61. The number of carbonyl (C=O) groups excluding carboxylic acids is 1. The van der Waals surface area contributed by atoms with Crippen LogP contribution in [0.15, 0.2) is 41.2 Å². The number of thiophene rings is 1. The van der Waals surface area contributed by atoms with Crippen LogP contribution in [0.25, 0.3) is 10.9 Å². The average Bonchev–Trinajstić information content (AvgIpc) is 3.06. The van der Waals surface area contributed by atoms with E-state index in [1.165, 1.54) is 5.56 Å². The summed E-state index contributed by atoms with van der Waals surface area (Å²) in [7, 11) is 0. The van der Waals surface area contributed by atoms with Gasteiger partial charge in [0.2, 0.25) is 0 Å². The van der Waals surface area contributed by atoms with Crippen LogP contribution in [-0.4, -0.2) is 16.9 Å². The smallest absolute Gasteiger partial charge is 0.253 e. The van der Waals surface area contributed by atoms with Crippen molar-refractivity contribution in [1.29, 1.82) is 0 Å². The molecule has 2 aromatic heterocycles. The van der Waals surface area contributed by atoms with Gasteiger partial charge in [-0.25, -0.2) is 0 Å². The van der Waals surface area contributed by atoms with E-state index in [-0.39, 0.29) is 11.9 Å². The predicted molar refractivity (Wildman–Crippen MR) is 87.7 cm³/mol. The maximum absolute atomic E-state index is 12.4. The van der Waals surface area contributed by atoms with Crippen LogP contribution in [-0.2, 0) is 6.42 Å². The molecule has 0 bridgehead atoms. The Morgan fingerprint density at radius 3 is 3.05 bits per heavy atom. The van der Waals surface area contributed by atoms with Gasteiger partial charge in [0.15, 0.2) is 0 Å². The Morgan fingerprint density at radius 1 is 1.43 bits per heavy atom. The summed E-state index contributed by atoms with van der Waals surface area (Å²) in [6, 6.07) is 7.69. The zero-order valence-corrected chi connectivity index (χ0v) is 12.5. The normalized spacial score (nSPS) is 12.4. The summed E-state index contributed by atoms with van der Waals surface area (Å²) < 4.78 is 0. The molecular weight excluding hydrogens is 282 g/mol. The molecular formula is C16H17N3OS. The van der Waals surface area contributed by atoms with Gasteiger partial charge in [0.05, 0.1) is 5.56 Å². The number of nitrogens with one attached hydrogen (secondary N) is 2. The second-order valence-electron chi connectivity index (χ2n) is 5.22. The summed E-state index contributed by atoms with van der Waals surface area (Å²) >= 11 is 1.67. The third kappa shape index (κ3) is 2.92. The Balaban J connectivity index is 1.74. The van der Waals surface area contributed by atoms with Crippen molar-refractivity contribution in [2.24, 2.45) is 0 Å². The number of nitrogens with two attached hydrogens (primary N) is 1. The number of amides is 1. The molecule has 0 saturated carbocycles. The highest BCUT2D eigenvalue weighted by Gasteiger charge is 2.14. The van der Waals surface area contributed by atoms with Gasteiger partial charge in [0.1, 0.15) is 0 Å². The number of H-pyrrole nitrogens is 1. The molecule has 0 fully saturated rings. The zero-order chi connectivity index (χ0) is 14.8. The topological polar surface area (TPSA) is 70.9 Å². The highest BCUT2D eigenvalue weighted by atomic mass is 32.1. The van der Waals surface area contributed by atoms with Crippen LogP contribution in [0.5, 0.6) is 0 Å². The summed E-state index contributed by atoms with van der Waals surface area (Å²) in [4.78, 5) is 15.5. The standard InChI is InChI=1S/C16H17N3OS/c1-10(6-11-4-5-21-9-11)19-16(20)14-8-18-15-7-12(17)2-3-13(14)15/h2-5,7-10,18H,6,17H2,1H3,(H,19,20). The molecule has 0 saturated heterocycles. The Labute approximate surface area is 127 Å². The molecule has 0 aliphatic carbocycles. The van der Waals surface area contributed by atoms with E-state index in [9.17, 15) is 4.79 Å². The van der Waals surface area contributed by atoms with Crippen molar-refractivity contribution < 1.29 is 4.79 Å². The van der Waals surface area contributed by atoms with E-state index in [0.29, 0.717) is 11.3 Å². The molecule has 1 atom stereocenters. The lowest BCUT2D eigenvalue weighted by molar-refractivity contribution is 0.0942. The van der Waals surface area contributed by atoms with Crippen LogP contribution in [0, 0.1) is 0 Å². The van der Waals surface area contributed by atoms with E-state index in [2.05, 4.69) is 21.7 Å². The van der Waals surface area contributed by atoms with Gasteiger partial charge in [-0.2, -0.15) is 11.3 Å². The number of rotatable bonds is 4. The Hall–Kier alpha value is -2.27. The zero-order valence-electron chi connectivity index (χ0n) is 11.7. The highest BCUT2D eigenvalue weighted by molar-refractivity contribution is 7.07. The molecule has 0 radical (unpaired) electrons. The molecule has 2 heterocycles. The van der Waals surface area contributed by atoms with Crippen LogP contribution >= 0.6 is 11.3 Å². The molecule has 0 aliphatic heterocycles. The SMILES string of the molecule is CC(Cc1ccsc1)NC(=O)c1c[nH]c2cc(N)ccc12. The number of aromatic nitrogens is 1. The first-order chi connectivity index (χ1) is 10.1. The second-order valence-corrected chi connectivity index (χ2v) is 6.00. The minimum absolute atomic E-state index is 0.0613. The molecule has 1 aromatic carbocycles. The van der Waals surface area contributed by atoms with Crippen molar-refractivity contribution in [2.45, 2.75) is 19.4 Å². The average molecular weight is 299 g/mol. The van der Waals surface area contributed by atoms with Gasteiger partial charge in [-0.3, -0.25) is 4.79 Å². The molecule has 0 spiro atoms. The number of carbonyl (C=O) groups is 1. The molecule has 108 valence electrons. The molecule has 21 heavy (non-hydrogen) atoms. The minimum atomic E-state index is -0.0613. The number of nitrogen functional groups attached to an aromatic ring is 1. The first-order valence-electron chi connectivity index (χ1n) is 6.82. The van der Waals surface area contributed by atoms with Crippen LogP contribution in [0.2, 0.25) is 0 Å². The molecule has 3 aromatic rings. The number of hydrogen-bond acceptors (Lipinski definition) is 3. The minimum Gasteiger partial charge on any atom is -0.399 e. The number of benzene rings is 1. The van der Waals surface area contributed by atoms with Crippen molar-refractivity contribution in [2.75, 3.05) is 5.73 Å². The summed E-state index contributed by atoms with van der Waals surface area (Å²) in [5.41, 5.74) is 9.21. The summed E-state index contributed by atoms with van der Waals surface area (Å²) in [6.07, 6.45) is 2.57. The van der Waals surface area contributed by atoms with E-state index in [0.717, 1.165) is 17.3 Å². The van der Waals surface area contributed by atoms with E-state index >= 15 is 0 Å². The number of aromatic amines is 1. The summed E-state index contributed by atoms with van der Waals surface area (Å²) in [5, 5.41) is 8.09. The number of fused-ring (bicyclic) bond motifs is 1. The van der Waals surface area contributed by atoms with Gasteiger partial charge >= 0.3 is 0 Å². The van der Waals surface area contributed by atoms with E-state index < -0.39 is 0 Å². The van der Waals surface area contributed by atoms with E-state index in [1.54, 1.807) is 17.5 Å². The monoisotopic (exact) mass is 299 g/mol. The molecule has 3 rings (SSSR count). The number of hydrogen-bond donors (Lipinski definition) is 3. The fourth-order valence-corrected chi connectivity index (χ4v) is 3.13. The molecule has 0 aliphatic rings. The van der Waals surface area contributed by atoms with Crippen LogP contribution in [0.1, 0.15) is 22.8 Å². The quantitative estimate of drug-likeness (QED) is 0.648. The Bertz CT molecular complexity index is 761. The molecule has 1 amide bonds. The van der Waals surface area contributed by atoms with Gasteiger partial charge in [-0.15, -0.1) is 0 Å². The molecule has 1 unspecified atom stereocenters. The van der Waals surface area contributed by atoms with Crippen molar-refractivity contribution in [3.63, 3.8) is 0 Å². The van der Waals surface area contributed by atoms with Crippen molar-refractivity contribution in [3.8, 4) is 0 Å². The van der Waals surface area contributed by atoms with Crippen molar-refractivity contribution >= 4 is 33.8 Å². The largest absolute Gasteiger partial charge is 0.399 e. The van der Waals surface area contributed by atoms with Crippen LogP contribution in [0.3, 0.4) is 0 Å². The maximum atomic E-state index is 12.4. The predicted octanol–water partition coefficient (Wildman–Crippen LogP) is 3.17. The molecule has 5 heteroatoms. The lowest BCUT2D eigenvalue weighted by atomic mass is 10.1. The summed E-state index contributed by atoms with van der Waals surface area (Å²) in [5.74, 6) is -0.0613. The highest BCUT2D eigenvalue weighted by Crippen LogP contribution is 2.20. The van der Waals surface area contributed by atoms with Gasteiger partial charge in [0.25, 0.3) is 5.91 Å². The van der Waals surface area contributed by atoms with Crippen LogP contribution in [0.4, 0.5) is 5.69 Å². The third-order valence-corrected chi connectivity index (χ3v) is 4.18. The van der Waals surface area contributed by atoms with Crippen molar-refractivity contribution in [1.82, 2.24) is 10.3 Å². The van der Waals surface area contributed by atoms with Gasteiger partial charge in [-0.1, -0.05) is 0 Å². The van der Waals surface area contributed by atoms with E-state index in [1.807, 2.05) is 30.5 Å². The molecule has 4 N–H and O–H groups in total. The van der Waals surface area contributed by atoms with Gasteiger partial charge in [0, 0.05) is 28.8 Å². The van der Waals surface area contributed by atoms with Gasteiger partial charge in [-0.05, 0) is 53.9 Å². The Morgan fingerprint density at radius 2 is 2.29 bits per heavy atom. The first kappa shape index (κ1) is 13.7. The molecule has 4 nitrogen and oxygen atoms in total. The van der Waals surface area contributed by atoms with Crippen molar-refractivity contribution in [3.05, 3.63) is 52.3 Å². The van der Waals surface area contributed by atoms with Crippen LogP contribution < -0.4 is 11.1 Å². The lowest BCUT2D eigenvalue weighted by Crippen LogP contribution is -2.33.